The molecule has 0 N–H and O–H groups in total. The van der Waals surface area contributed by atoms with Crippen molar-refractivity contribution in [3.05, 3.63) is 0 Å². The predicted molar refractivity (Wildman–Crippen MR) is 64.7 cm³/mol. The molecule has 16 heavy (non-hydrogen) atoms. The Bertz CT molecular complexity index is 176. The molecule has 0 aromatic heterocycles. The maximum atomic E-state index is 5.90. The SMILES string of the molecule is COCCC[C@H](C)C[C@@]1(COC)CCCO1. The fourth-order valence-corrected chi connectivity index (χ4v) is 2.67. The van der Waals surface area contributed by atoms with Crippen LogP contribution in [-0.2, 0) is 14.2 Å². The molecule has 3 heteroatoms. The van der Waals surface area contributed by atoms with Gasteiger partial charge < -0.3 is 14.2 Å². The highest BCUT2D eigenvalue weighted by atomic mass is 16.5. The number of hydrogen-bond acceptors (Lipinski definition) is 3. The van der Waals surface area contributed by atoms with E-state index in [1.807, 2.05) is 0 Å². The van der Waals surface area contributed by atoms with E-state index >= 15 is 0 Å². The van der Waals surface area contributed by atoms with E-state index in [0.717, 1.165) is 39.1 Å². The van der Waals surface area contributed by atoms with E-state index in [9.17, 15) is 0 Å². The third kappa shape index (κ3) is 4.40. The lowest BCUT2D eigenvalue weighted by Gasteiger charge is -2.30. The summed E-state index contributed by atoms with van der Waals surface area (Å²) in [5.41, 5.74) is 0.00123. The molecule has 0 bridgehead atoms. The maximum absolute atomic E-state index is 5.90. The molecule has 0 unspecified atom stereocenters. The van der Waals surface area contributed by atoms with Gasteiger partial charge in [0.1, 0.15) is 0 Å². The first-order chi connectivity index (χ1) is 7.72. The standard InChI is InChI=1S/C13H26O3/c1-12(6-4-8-14-2)10-13(11-15-3)7-5-9-16-13/h12H,4-11H2,1-3H3/t12-,13+/m0/s1. The normalized spacial score (nSPS) is 27.2. The van der Waals surface area contributed by atoms with Crippen LogP contribution in [0.15, 0.2) is 0 Å². The first-order valence-corrected chi connectivity index (χ1v) is 6.34. The summed E-state index contributed by atoms with van der Waals surface area (Å²) in [6.45, 7) is 4.80. The minimum Gasteiger partial charge on any atom is -0.385 e. The van der Waals surface area contributed by atoms with Crippen molar-refractivity contribution >= 4 is 0 Å². The highest BCUT2D eigenvalue weighted by molar-refractivity contribution is 4.86. The molecule has 1 saturated heterocycles. The first-order valence-electron chi connectivity index (χ1n) is 6.34. The van der Waals surface area contributed by atoms with Gasteiger partial charge in [0, 0.05) is 27.4 Å². The predicted octanol–water partition coefficient (Wildman–Crippen LogP) is 2.63. The largest absolute Gasteiger partial charge is 0.385 e. The van der Waals surface area contributed by atoms with Gasteiger partial charge in [0.2, 0.25) is 0 Å². The second-order valence-electron chi connectivity index (χ2n) is 5.01. The van der Waals surface area contributed by atoms with E-state index in [4.69, 9.17) is 14.2 Å². The summed E-state index contributed by atoms with van der Waals surface area (Å²) >= 11 is 0. The highest BCUT2D eigenvalue weighted by Crippen LogP contribution is 2.33. The average molecular weight is 230 g/mol. The van der Waals surface area contributed by atoms with Crippen LogP contribution in [0.5, 0.6) is 0 Å². The van der Waals surface area contributed by atoms with Crippen LogP contribution >= 0.6 is 0 Å². The molecule has 0 aromatic rings. The zero-order valence-electron chi connectivity index (χ0n) is 11.0. The molecular formula is C13H26O3. The van der Waals surface area contributed by atoms with Gasteiger partial charge in [0.15, 0.2) is 0 Å². The minimum absolute atomic E-state index is 0.00123. The van der Waals surface area contributed by atoms with E-state index in [1.54, 1.807) is 14.2 Å². The van der Waals surface area contributed by atoms with Crippen LogP contribution in [-0.4, -0.2) is 39.6 Å². The zero-order valence-corrected chi connectivity index (χ0v) is 11.0. The topological polar surface area (TPSA) is 27.7 Å². The van der Waals surface area contributed by atoms with Gasteiger partial charge in [-0.3, -0.25) is 0 Å². The first kappa shape index (κ1) is 13.9. The molecule has 1 aliphatic rings. The smallest absolute Gasteiger partial charge is 0.0918 e. The molecule has 0 radical (unpaired) electrons. The quantitative estimate of drug-likeness (QED) is 0.600. The third-order valence-corrected chi connectivity index (χ3v) is 3.36. The third-order valence-electron chi connectivity index (χ3n) is 3.36. The van der Waals surface area contributed by atoms with Crippen LogP contribution in [0.4, 0.5) is 0 Å². The number of hydrogen-bond donors (Lipinski definition) is 0. The number of ether oxygens (including phenoxy) is 3. The molecule has 0 amide bonds. The monoisotopic (exact) mass is 230 g/mol. The van der Waals surface area contributed by atoms with Crippen molar-refractivity contribution in [1.29, 1.82) is 0 Å². The molecule has 3 nitrogen and oxygen atoms in total. The molecule has 0 spiro atoms. The Labute approximate surface area is 99.5 Å². The van der Waals surface area contributed by atoms with Crippen LogP contribution in [0, 0.1) is 5.92 Å². The summed E-state index contributed by atoms with van der Waals surface area (Å²) in [5, 5.41) is 0. The molecule has 1 rings (SSSR count). The van der Waals surface area contributed by atoms with Crippen LogP contribution < -0.4 is 0 Å². The fourth-order valence-electron chi connectivity index (χ4n) is 2.67. The van der Waals surface area contributed by atoms with Crippen molar-refractivity contribution in [3.8, 4) is 0 Å². The second kappa shape index (κ2) is 7.25. The zero-order chi connectivity index (χ0) is 11.9. The van der Waals surface area contributed by atoms with Gasteiger partial charge in [-0.2, -0.15) is 0 Å². The van der Waals surface area contributed by atoms with Crippen LogP contribution in [0.2, 0.25) is 0 Å². The van der Waals surface area contributed by atoms with Crippen molar-refractivity contribution in [3.63, 3.8) is 0 Å². The number of methoxy groups -OCH3 is 2. The van der Waals surface area contributed by atoms with E-state index in [0.29, 0.717) is 5.92 Å². The molecule has 0 aliphatic carbocycles. The van der Waals surface area contributed by atoms with Crippen molar-refractivity contribution in [2.75, 3.05) is 34.0 Å². The summed E-state index contributed by atoms with van der Waals surface area (Å²) < 4.78 is 16.3. The fraction of sp³-hybridized carbons (Fsp3) is 1.00. The van der Waals surface area contributed by atoms with Crippen LogP contribution in [0.25, 0.3) is 0 Å². The summed E-state index contributed by atoms with van der Waals surface area (Å²) in [7, 11) is 3.52. The Hall–Kier alpha value is -0.120. The van der Waals surface area contributed by atoms with Gasteiger partial charge in [0.25, 0.3) is 0 Å². The van der Waals surface area contributed by atoms with Crippen LogP contribution in [0.3, 0.4) is 0 Å². The molecule has 0 aromatic carbocycles. The van der Waals surface area contributed by atoms with E-state index in [-0.39, 0.29) is 5.60 Å². The minimum atomic E-state index is 0.00123. The van der Waals surface area contributed by atoms with Gasteiger partial charge >= 0.3 is 0 Å². The summed E-state index contributed by atoms with van der Waals surface area (Å²) in [6, 6.07) is 0. The van der Waals surface area contributed by atoms with Gasteiger partial charge in [-0.15, -0.1) is 0 Å². The Balaban J connectivity index is 2.30. The molecule has 1 fully saturated rings. The maximum Gasteiger partial charge on any atom is 0.0918 e. The van der Waals surface area contributed by atoms with Crippen molar-refractivity contribution in [1.82, 2.24) is 0 Å². The lowest BCUT2D eigenvalue weighted by molar-refractivity contribution is -0.0654. The van der Waals surface area contributed by atoms with Gasteiger partial charge in [-0.1, -0.05) is 6.92 Å². The Kier molecular flexibility index (Phi) is 6.32. The van der Waals surface area contributed by atoms with Crippen LogP contribution in [0.1, 0.15) is 39.0 Å². The molecule has 1 heterocycles. The van der Waals surface area contributed by atoms with Crippen molar-refractivity contribution in [2.24, 2.45) is 5.92 Å². The lowest BCUT2D eigenvalue weighted by atomic mass is 9.87. The molecule has 96 valence electrons. The molecule has 0 saturated carbocycles. The highest BCUT2D eigenvalue weighted by Gasteiger charge is 2.36. The summed E-state index contributed by atoms with van der Waals surface area (Å²) in [4.78, 5) is 0. The average Bonchev–Trinajstić information content (AvgIpc) is 2.67. The van der Waals surface area contributed by atoms with Gasteiger partial charge in [0.05, 0.1) is 12.2 Å². The van der Waals surface area contributed by atoms with E-state index in [2.05, 4.69) is 6.92 Å². The van der Waals surface area contributed by atoms with E-state index in [1.165, 1.54) is 12.8 Å². The summed E-state index contributed by atoms with van der Waals surface area (Å²) in [5.74, 6) is 0.684. The Morgan fingerprint density at radius 2 is 2.12 bits per heavy atom. The Morgan fingerprint density at radius 3 is 2.69 bits per heavy atom. The van der Waals surface area contributed by atoms with Gasteiger partial charge in [-0.05, 0) is 38.0 Å². The number of rotatable bonds is 8. The Morgan fingerprint density at radius 1 is 1.31 bits per heavy atom. The molecular weight excluding hydrogens is 204 g/mol. The second-order valence-corrected chi connectivity index (χ2v) is 5.01. The van der Waals surface area contributed by atoms with E-state index < -0.39 is 0 Å². The van der Waals surface area contributed by atoms with Gasteiger partial charge in [-0.25, -0.2) is 0 Å². The molecule has 2 atom stereocenters. The molecule has 1 aliphatic heterocycles. The summed E-state index contributed by atoms with van der Waals surface area (Å²) in [6.07, 6.45) is 5.79. The lowest BCUT2D eigenvalue weighted by Crippen LogP contribution is -2.35. The van der Waals surface area contributed by atoms with Crippen molar-refractivity contribution in [2.45, 2.75) is 44.6 Å². The van der Waals surface area contributed by atoms with Crippen molar-refractivity contribution < 1.29 is 14.2 Å².